The van der Waals surface area contributed by atoms with E-state index in [2.05, 4.69) is 40.4 Å². The Balaban J connectivity index is 1.53. The second-order valence-corrected chi connectivity index (χ2v) is 9.49. The number of benzene rings is 2. The number of rotatable bonds is 5. The van der Waals surface area contributed by atoms with Crippen LogP contribution in [0.25, 0.3) is 0 Å². The Morgan fingerprint density at radius 1 is 1.30 bits per heavy atom. The molecule has 2 aliphatic heterocycles. The van der Waals surface area contributed by atoms with Crippen LogP contribution < -0.4 is 10.6 Å². The Kier molecular flexibility index (Phi) is 5.55. The number of non-ortho nitro benzene ring substituents is 1. The molecular formula is C22H24BrN3O4. The van der Waals surface area contributed by atoms with E-state index in [1.165, 1.54) is 6.07 Å². The van der Waals surface area contributed by atoms with E-state index in [0.29, 0.717) is 18.7 Å². The second-order valence-electron chi connectivity index (χ2n) is 8.57. The van der Waals surface area contributed by atoms with E-state index in [4.69, 9.17) is 4.74 Å². The van der Waals surface area contributed by atoms with E-state index in [0.717, 1.165) is 22.1 Å². The summed E-state index contributed by atoms with van der Waals surface area (Å²) in [4.78, 5) is 23.4. The number of amides is 1. The van der Waals surface area contributed by atoms with Gasteiger partial charge < -0.3 is 15.4 Å². The molecular weight excluding hydrogens is 450 g/mol. The van der Waals surface area contributed by atoms with E-state index in [1.54, 1.807) is 24.3 Å². The second kappa shape index (κ2) is 8.00. The Labute approximate surface area is 183 Å². The minimum atomic E-state index is -0.377. The van der Waals surface area contributed by atoms with Gasteiger partial charge in [-0.15, -0.1) is 0 Å². The molecule has 2 aliphatic rings. The van der Waals surface area contributed by atoms with Crippen molar-refractivity contribution in [3.63, 3.8) is 0 Å². The summed E-state index contributed by atoms with van der Waals surface area (Å²) in [5, 5.41) is 17.8. The van der Waals surface area contributed by atoms with Crippen LogP contribution in [0.3, 0.4) is 0 Å². The van der Waals surface area contributed by atoms with Crippen LogP contribution in [0.15, 0.2) is 46.9 Å². The van der Waals surface area contributed by atoms with Crippen molar-refractivity contribution in [2.24, 2.45) is 11.3 Å². The van der Waals surface area contributed by atoms with Crippen molar-refractivity contribution >= 4 is 33.2 Å². The summed E-state index contributed by atoms with van der Waals surface area (Å²) < 4.78 is 6.92. The van der Waals surface area contributed by atoms with Gasteiger partial charge in [-0.3, -0.25) is 14.9 Å². The van der Waals surface area contributed by atoms with Crippen molar-refractivity contribution in [1.82, 2.24) is 5.32 Å². The van der Waals surface area contributed by atoms with E-state index in [1.807, 2.05) is 12.1 Å². The molecule has 1 fully saturated rings. The number of carbonyl (C=O) groups is 1. The number of carbonyl (C=O) groups excluding carboxylic acids is 1. The third kappa shape index (κ3) is 3.94. The number of nitro benzene ring substituents is 1. The first-order valence-electron chi connectivity index (χ1n) is 9.96. The molecule has 8 heteroatoms. The minimum absolute atomic E-state index is 0.0594. The topological polar surface area (TPSA) is 93.5 Å². The molecule has 4 rings (SSSR count). The highest BCUT2D eigenvalue weighted by Crippen LogP contribution is 2.49. The molecule has 0 spiro atoms. The highest BCUT2D eigenvalue weighted by molar-refractivity contribution is 9.10. The van der Waals surface area contributed by atoms with Gasteiger partial charge in [0.15, 0.2) is 0 Å². The van der Waals surface area contributed by atoms with Crippen molar-refractivity contribution in [3.05, 3.63) is 68.2 Å². The molecule has 30 heavy (non-hydrogen) atoms. The van der Waals surface area contributed by atoms with Gasteiger partial charge in [-0.1, -0.05) is 29.8 Å². The van der Waals surface area contributed by atoms with Gasteiger partial charge in [-0.25, -0.2) is 0 Å². The molecule has 158 valence electrons. The van der Waals surface area contributed by atoms with Crippen molar-refractivity contribution in [1.29, 1.82) is 0 Å². The summed E-state index contributed by atoms with van der Waals surface area (Å²) in [5.74, 6) is 0.0701. The first kappa shape index (κ1) is 20.8. The summed E-state index contributed by atoms with van der Waals surface area (Å²) in [6.45, 7) is 5.36. The predicted octanol–water partition coefficient (Wildman–Crippen LogP) is 4.69. The van der Waals surface area contributed by atoms with Crippen LogP contribution in [0.4, 0.5) is 11.4 Å². The highest BCUT2D eigenvalue weighted by Gasteiger charge is 2.47. The minimum Gasteiger partial charge on any atom is -0.381 e. The van der Waals surface area contributed by atoms with Gasteiger partial charge in [0.25, 0.3) is 11.6 Å². The van der Waals surface area contributed by atoms with Crippen LogP contribution >= 0.6 is 15.9 Å². The lowest BCUT2D eigenvalue weighted by Gasteiger charge is -2.44. The number of nitrogens with zero attached hydrogens (tertiary/aromatic N) is 1. The zero-order valence-corrected chi connectivity index (χ0v) is 18.4. The molecule has 1 amide bonds. The Morgan fingerprint density at radius 2 is 2.03 bits per heavy atom. The van der Waals surface area contributed by atoms with Crippen LogP contribution in [0.2, 0.25) is 0 Å². The van der Waals surface area contributed by atoms with Gasteiger partial charge in [0.2, 0.25) is 0 Å². The molecule has 2 aromatic rings. The number of hydrogen-bond donors (Lipinski definition) is 2. The molecule has 2 N–H and O–H groups in total. The molecule has 0 bridgehead atoms. The Morgan fingerprint density at radius 3 is 2.73 bits per heavy atom. The first-order valence-corrected chi connectivity index (χ1v) is 10.8. The maximum Gasteiger partial charge on any atom is 0.269 e. The molecule has 2 aromatic carbocycles. The number of ether oxygens (including phenoxy) is 1. The van der Waals surface area contributed by atoms with E-state index in [9.17, 15) is 14.9 Å². The lowest BCUT2D eigenvalue weighted by molar-refractivity contribution is -0.385. The third-order valence-corrected chi connectivity index (χ3v) is 6.61. The van der Waals surface area contributed by atoms with Crippen molar-refractivity contribution in [2.45, 2.75) is 32.4 Å². The number of nitrogens with one attached hydrogen (secondary N) is 2. The monoisotopic (exact) mass is 473 g/mol. The first-order chi connectivity index (χ1) is 14.3. The molecule has 7 nitrogen and oxygen atoms in total. The van der Waals surface area contributed by atoms with Gasteiger partial charge in [0.1, 0.15) is 0 Å². The fourth-order valence-corrected chi connectivity index (χ4v) is 4.73. The molecule has 3 atom stereocenters. The fourth-order valence-electron chi connectivity index (χ4n) is 4.47. The lowest BCUT2D eigenvalue weighted by atomic mass is 9.71. The van der Waals surface area contributed by atoms with Gasteiger partial charge in [0, 0.05) is 63.9 Å². The Bertz CT molecular complexity index is 977. The van der Waals surface area contributed by atoms with E-state index < -0.39 is 0 Å². The molecule has 2 heterocycles. The van der Waals surface area contributed by atoms with E-state index >= 15 is 0 Å². The quantitative estimate of drug-likeness (QED) is 0.485. The van der Waals surface area contributed by atoms with Gasteiger partial charge in [-0.05, 0) is 36.8 Å². The standard InChI is InChI=1S/C22H24BrN3O4/c1-22(2,12-24-21(27)13-3-5-14(23)6-4-13)20-16-9-10-30-19(16)17-11-15(26(28)29)7-8-18(17)25-20/h3-8,11,16,19-20,25H,9-10,12H2,1-2H3,(H,24,27)/t16-,19+,20+/m1/s1. The maximum atomic E-state index is 12.6. The van der Waals surface area contributed by atoms with Crippen LogP contribution in [-0.4, -0.2) is 30.0 Å². The van der Waals surface area contributed by atoms with E-state index in [-0.39, 0.29) is 40.0 Å². The molecule has 1 saturated heterocycles. The molecule has 0 unspecified atom stereocenters. The molecule has 0 aliphatic carbocycles. The average Bonchev–Trinajstić information content (AvgIpc) is 3.21. The van der Waals surface area contributed by atoms with Gasteiger partial charge >= 0.3 is 0 Å². The smallest absolute Gasteiger partial charge is 0.269 e. The number of fused-ring (bicyclic) bond motifs is 3. The van der Waals surface area contributed by atoms with Crippen molar-refractivity contribution in [2.75, 3.05) is 18.5 Å². The lowest BCUT2D eigenvalue weighted by Crippen LogP contribution is -2.51. The summed E-state index contributed by atoms with van der Waals surface area (Å²) in [5.41, 5.74) is 2.13. The zero-order chi connectivity index (χ0) is 21.5. The van der Waals surface area contributed by atoms with Crippen molar-refractivity contribution < 1.29 is 14.5 Å². The van der Waals surface area contributed by atoms with Crippen LogP contribution in [0.1, 0.15) is 42.3 Å². The number of halogens is 1. The molecule has 0 saturated carbocycles. The predicted molar refractivity (Wildman–Crippen MR) is 118 cm³/mol. The van der Waals surface area contributed by atoms with Crippen LogP contribution in [0, 0.1) is 21.4 Å². The number of nitro groups is 1. The average molecular weight is 474 g/mol. The van der Waals surface area contributed by atoms with Gasteiger partial charge in [0.05, 0.1) is 11.0 Å². The summed E-state index contributed by atoms with van der Waals surface area (Å²) in [7, 11) is 0. The number of anilines is 1. The van der Waals surface area contributed by atoms with Gasteiger partial charge in [-0.2, -0.15) is 0 Å². The Hall–Kier alpha value is -2.45. The zero-order valence-electron chi connectivity index (χ0n) is 16.9. The van der Waals surface area contributed by atoms with Crippen molar-refractivity contribution in [3.8, 4) is 0 Å². The third-order valence-electron chi connectivity index (χ3n) is 6.08. The molecule has 0 radical (unpaired) electrons. The highest BCUT2D eigenvalue weighted by atomic mass is 79.9. The van der Waals surface area contributed by atoms with Crippen LogP contribution in [0.5, 0.6) is 0 Å². The molecule has 0 aromatic heterocycles. The van der Waals surface area contributed by atoms with Crippen LogP contribution in [-0.2, 0) is 4.74 Å². The summed E-state index contributed by atoms with van der Waals surface area (Å²) >= 11 is 3.38. The SMILES string of the molecule is CC(C)(CNC(=O)c1ccc(Br)cc1)[C@H]1Nc2ccc([N+](=O)[O-])cc2[C@H]2OCC[C@H]21. The summed E-state index contributed by atoms with van der Waals surface area (Å²) in [6.07, 6.45) is 0.696. The maximum absolute atomic E-state index is 12.6. The fraction of sp³-hybridized carbons (Fsp3) is 0.409. The summed E-state index contributed by atoms with van der Waals surface area (Å²) in [6, 6.07) is 12.2. The normalized spacial score (nSPS) is 22.6. The largest absolute Gasteiger partial charge is 0.381 e. The number of hydrogen-bond acceptors (Lipinski definition) is 5.